The molecule has 0 spiro atoms. The summed E-state index contributed by atoms with van der Waals surface area (Å²) in [7, 11) is 1.67. The van der Waals surface area contributed by atoms with Crippen molar-refractivity contribution in [2.24, 2.45) is 0 Å². The highest BCUT2D eigenvalue weighted by Gasteiger charge is 2.31. The van der Waals surface area contributed by atoms with Gasteiger partial charge in [0.25, 0.3) is 0 Å². The van der Waals surface area contributed by atoms with Crippen molar-refractivity contribution in [3.8, 4) is 5.75 Å². The standard InChI is InChI=1S/C13H16O2/c1-13(9-14)7-3-4-10-8-11(15-2)5-6-12(10)13/h5-6,8-9H,3-4,7H2,1-2H3. The van der Waals surface area contributed by atoms with Gasteiger partial charge in [-0.25, -0.2) is 0 Å². The highest BCUT2D eigenvalue weighted by atomic mass is 16.5. The van der Waals surface area contributed by atoms with E-state index >= 15 is 0 Å². The number of hydrogen-bond donors (Lipinski definition) is 0. The molecule has 0 saturated carbocycles. The Bertz CT molecular complexity index is 384. The van der Waals surface area contributed by atoms with E-state index in [0.29, 0.717) is 0 Å². The Kier molecular flexibility index (Phi) is 2.51. The number of aryl methyl sites for hydroxylation is 1. The largest absolute Gasteiger partial charge is 0.497 e. The lowest BCUT2D eigenvalue weighted by atomic mass is 9.72. The van der Waals surface area contributed by atoms with E-state index in [-0.39, 0.29) is 5.41 Å². The van der Waals surface area contributed by atoms with Crippen molar-refractivity contribution in [2.45, 2.75) is 31.6 Å². The van der Waals surface area contributed by atoms with Crippen molar-refractivity contribution in [3.05, 3.63) is 29.3 Å². The number of ether oxygens (including phenoxy) is 1. The van der Waals surface area contributed by atoms with Gasteiger partial charge in [0, 0.05) is 5.41 Å². The summed E-state index contributed by atoms with van der Waals surface area (Å²) in [6.45, 7) is 2.02. The van der Waals surface area contributed by atoms with Gasteiger partial charge >= 0.3 is 0 Å². The predicted molar refractivity (Wildman–Crippen MR) is 59.3 cm³/mol. The Balaban J connectivity index is 2.49. The van der Waals surface area contributed by atoms with Crippen LogP contribution in [0.15, 0.2) is 18.2 Å². The summed E-state index contributed by atoms with van der Waals surface area (Å²) in [5, 5.41) is 0. The molecule has 1 aromatic rings. The quantitative estimate of drug-likeness (QED) is 0.692. The molecular formula is C13H16O2. The molecule has 0 heterocycles. The molecule has 1 aromatic carbocycles. The van der Waals surface area contributed by atoms with Crippen molar-refractivity contribution in [3.63, 3.8) is 0 Å². The Hall–Kier alpha value is -1.31. The van der Waals surface area contributed by atoms with Crippen molar-refractivity contribution < 1.29 is 9.53 Å². The second-order valence-electron chi connectivity index (χ2n) is 4.41. The molecule has 0 aliphatic heterocycles. The van der Waals surface area contributed by atoms with E-state index in [2.05, 4.69) is 6.07 Å². The van der Waals surface area contributed by atoms with Crippen molar-refractivity contribution in [1.82, 2.24) is 0 Å². The summed E-state index contributed by atoms with van der Waals surface area (Å²) >= 11 is 0. The Labute approximate surface area is 90.3 Å². The Morgan fingerprint density at radius 1 is 1.47 bits per heavy atom. The highest BCUT2D eigenvalue weighted by molar-refractivity contribution is 5.70. The topological polar surface area (TPSA) is 26.3 Å². The van der Waals surface area contributed by atoms with Gasteiger partial charge in [-0.15, -0.1) is 0 Å². The maximum absolute atomic E-state index is 11.2. The van der Waals surface area contributed by atoms with Crippen LogP contribution < -0.4 is 4.74 Å². The lowest BCUT2D eigenvalue weighted by Gasteiger charge is -2.31. The van der Waals surface area contributed by atoms with Gasteiger partial charge < -0.3 is 9.53 Å². The average Bonchev–Trinajstić information content (AvgIpc) is 2.29. The van der Waals surface area contributed by atoms with E-state index in [1.165, 1.54) is 11.1 Å². The van der Waals surface area contributed by atoms with E-state index in [0.717, 1.165) is 31.3 Å². The number of carbonyl (C=O) groups excluding carboxylic acids is 1. The molecule has 1 aliphatic carbocycles. The van der Waals surface area contributed by atoms with Crippen molar-refractivity contribution in [1.29, 1.82) is 0 Å². The zero-order valence-corrected chi connectivity index (χ0v) is 9.25. The van der Waals surface area contributed by atoms with Crippen LogP contribution in [-0.4, -0.2) is 13.4 Å². The molecule has 0 bridgehead atoms. The first-order valence-electron chi connectivity index (χ1n) is 5.33. The molecule has 1 unspecified atom stereocenters. The third-order valence-electron chi connectivity index (χ3n) is 3.33. The molecule has 15 heavy (non-hydrogen) atoms. The van der Waals surface area contributed by atoms with Crippen LogP contribution in [0.4, 0.5) is 0 Å². The fourth-order valence-electron chi connectivity index (χ4n) is 2.36. The molecule has 0 radical (unpaired) electrons. The van der Waals surface area contributed by atoms with Crippen LogP contribution in [0.3, 0.4) is 0 Å². The second kappa shape index (κ2) is 3.69. The number of benzene rings is 1. The summed E-state index contributed by atoms with van der Waals surface area (Å²) in [6.07, 6.45) is 4.17. The molecule has 2 rings (SSSR count). The summed E-state index contributed by atoms with van der Waals surface area (Å²) < 4.78 is 5.19. The summed E-state index contributed by atoms with van der Waals surface area (Å²) in [5.41, 5.74) is 2.14. The molecule has 1 atom stereocenters. The molecule has 0 N–H and O–H groups in total. The number of methoxy groups -OCH3 is 1. The average molecular weight is 204 g/mol. The molecule has 0 fully saturated rings. The van der Waals surface area contributed by atoms with Gasteiger partial charge in [0.05, 0.1) is 7.11 Å². The van der Waals surface area contributed by atoms with E-state index in [1.54, 1.807) is 7.11 Å². The van der Waals surface area contributed by atoms with Crippen LogP contribution in [0.2, 0.25) is 0 Å². The van der Waals surface area contributed by atoms with Crippen LogP contribution in [0, 0.1) is 0 Å². The van der Waals surface area contributed by atoms with E-state index < -0.39 is 0 Å². The zero-order valence-electron chi connectivity index (χ0n) is 9.25. The Morgan fingerprint density at radius 3 is 2.93 bits per heavy atom. The first-order valence-corrected chi connectivity index (χ1v) is 5.33. The van der Waals surface area contributed by atoms with Crippen LogP contribution in [0.5, 0.6) is 5.75 Å². The maximum Gasteiger partial charge on any atom is 0.130 e. The number of fused-ring (bicyclic) bond motifs is 1. The maximum atomic E-state index is 11.2. The molecule has 2 heteroatoms. The minimum atomic E-state index is -0.292. The summed E-state index contributed by atoms with van der Waals surface area (Å²) in [4.78, 5) is 11.2. The normalized spacial score (nSPS) is 24.4. The summed E-state index contributed by atoms with van der Waals surface area (Å²) in [6, 6.07) is 6.02. The molecule has 1 aliphatic rings. The first kappa shape index (κ1) is 10.2. The molecule has 0 saturated heterocycles. The van der Waals surface area contributed by atoms with Crippen LogP contribution in [-0.2, 0) is 16.6 Å². The fourth-order valence-corrected chi connectivity index (χ4v) is 2.36. The fraction of sp³-hybridized carbons (Fsp3) is 0.462. The SMILES string of the molecule is COc1ccc2c(c1)CCCC2(C)C=O. The summed E-state index contributed by atoms with van der Waals surface area (Å²) in [5.74, 6) is 0.879. The van der Waals surface area contributed by atoms with Gasteiger partial charge in [0.2, 0.25) is 0 Å². The second-order valence-corrected chi connectivity index (χ2v) is 4.41. The van der Waals surface area contributed by atoms with Crippen molar-refractivity contribution in [2.75, 3.05) is 7.11 Å². The number of rotatable bonds is 2. The zero-order chi connectivity index (χ0) is 10.9. The van der Waals surface area contributed by atoms with Gasteiger partial charge in [-0.2, -0.15) is 0 Å². The molecular weight excluding hydrogens is 188 g/mol. The van der Waals surface area contributed by atoms with Gasteiger partial charge in [0.1, 0.15) is 12.0 Å². The van der Waals surface area contributed by atoms with Crippen LogP contribution >= 0.6 is 0 Å². The van der Waals surface area contributed by atoms with E-state index in [9.17, 15) is 4.79 Å². The number of aldehydes is 1. The third-order valence-corrected chi connectivity index (χ3v) is 3.33. The lowest BCUT2D eigenvalue weighted by molar-refractivity contribution is -0.112. The monoisotopic (exact) mass is 204 g/mol. The van der Waals surface area contributed by atoms with Crippen molar-refractivity contribution >= 4 is 6.29 Å². The molecule has 0 amide bonds. The van der Waals surface area contributed by atoms with Crippen LogP contribution in [0.25, 0.3) is 0 Å². The minimum absolute atomic E-state index is 0.292. The predicted octanol–water partition coefficient (Wildman–Crippen LogP) is 2.49. The third kappa shape index (κ3) is 1.65. The van der Waals surface area contributed by atoms with E-state index in [1.807, 2.05) is 19.1 Å². The first-order chi connectivity index (χ1) is 7.19. The molecule has 2 nitrogen and oxygen atoms in total. The molecule has 80 valence electrons. The van der Waals surface area contributed by atoms with Gasteiger partial charge in [-0.1, -0.05) is 6.07 Å². The smallest absolute Gasteiger partial charge is 0.130 e. The van der Waals surface area contributed by atoms with Gasteiger partial charge in [-0.05, 0) is 49.4 Å². The van der Waals surface area contributed by atoms with E-state index in [4.69, 9.17) is 4.74 Å². The molecule has 0 aromatic heterocycles. The van der Waals surface area contributed by atoms with Gasteiger partial charge in [-0.3, -0.25) is 0 Å². The number of carbonyl (C=O) groups is 1. The Morgan fingerprint density at radius 2 is 2.27 bits per heavy atom. The highest BCUT2D eigenvalue weighted by Crippen LogP contribution is 2.36. The van der Waals surface area contributed by atoms with Crippen LogP contribution in [0.1, 0.15) is 30.9 Å². The number of hydrogen-bond acceptors (Lipinski definition) is 2. The van der Waals surface area contributed by atoms with Gasteiger partial charge in [0.15, 0.2) is 0 Å². The minimum Gasteiger partial charge on any atom is -0.497 e. The lowest BCUT2D eigenvalue weighted by Crippen LogP contribution is -2.28.